The van der Waals surface area contributed by atoms with Crippen molar-refractivity contribution in [1.82, 2.24) is 0 Å². The molecule has 0 bridgehead atoms. The van der Waals surface area contributed by atoms with Gasteiger partial charge in [0.1, 0.15) is 12.4 Å². The number of aliphatic hydroxyl groups excluding tert-OH is 1. The first-order chi connectivity index (χ1) is 14.2. The predicted octanol–water partition coefficient (Wildman–Crippen LogP) is 6.53. The van der Waals surface area contributed by atoms with Crippen LogP contribution in [0.4, 0.5) is 0 Å². The number of hydrogen-bond acceptors (Lipinski definition) is 4. The van der Waals surface area contributed by atoms with E-state index in [9.17, 15) is 9.90 Å². The fourth-order valence-corrected chi connectivity index (χ4v) is 5.52. The van der Waals surface area contributed by atoms with Crippen LogP contribution >= 0.6 is 11.6 Å². The summed E-state index contributed by atoms with van der Waals surface area (Å²) in [5.74, 6) is -0.101. The molecule has 5 heteroatoms. The molecule has 0 amide bonds. The van der Waals surface area contributed by atoms with E-state index < -0.39 is 0 Å². The summed E-state index contributed by atoms with van der Waals surface area (Å²) in [6.45, 7) is 13.0. The van der Waals surface area contributed by atoms with E-state index in [1.165, 1.54) is 16.7 Å². The number of allylic oxidation sites excluding steroid dienone is 2. The Balaban J connectivity index is 2.03. The molecule has 1 N–H and O–H groups in total. The number of fused-ring (bicyclic) bond motifs is 1. The van der Waals surface area contributed by atoms with Crippen molar-refractivity contribution in [3.8, 4) is 0 Å². The molecular weight excluding hydrogens is 398 g/mol. The van der Waals surface area contributed by atoms with Crippen molar-refractivity contribution in [1.29, 1.82) is 0 Å². The Morgan fingerprint density at radius 1 is 1.17 bits per heavy atom. The fourth-order valence-electron chi connectivity index (χ4n) is 5.04. The molecule has 1 aromatic rings. The topological polar surface area (TPSA) is 58.9 Å². The normalized spacial score (nSPS) is 24.4. The van der Waals surface area contributed by atoms with Crippen molar-refractivity contribution < 1.29 is 14.7 Å². The van der Waals surface area contributed by atoms with Gasteiger partial charge in [-0.05, 0) is 79.2 Å². The third-order valence-corrected chi connectivity index (χ3v) is 7.55. The van der Waals surface area contributed by atoms with Crippen molar-refractivity contribution in [3.63, 3.8) is 0 Å². The molecule has 164 valence electrons. The van der Waals surface area contributed by atoms with Gasteiger partial charge in [0, 0.05) is 17.9 Å². The van der Waals surface area contributed by atoms with Gasteiger partial charge >= 0.3 is 0 Å². The molecule has 1 aromatic carbocycles. The lowest BCUT2D eigenvalue weighted by Crippen LogP contribution is -2.24. The number of ketones is 1. The first kappa shape index (κ1) is 22.9. The van der Waals surface area contributed by atoms with Crippen LogP contribution in [0.5, 0.6) is 0 Å². The molecule has 0 fully saturated rings. The molecule has 2 unspecified atom stereocenters. The zero-order valence-corrected chi connectivity index (χ0v) is 19.9. The van der Waals surface area contributed by atoms with E-state index in [1.807, 2.05) is 13.8 Å². The summed E-state index contributed by atoms with van der Waals surface area (Å²) in [6, 6.07) is 0. The van der Waals surface area contributed by atoms with Gasteiger partial charge in [-0.1, -0.05) is 43.9 Å². The number of oxime groups is 1. The van der Waals surface area contributed by atoms with Gasteiger partial charge in [0.15, 0.2) is 5.78 Å². The molecule has 0 saturated carbocycles. The van der Waals surface area contributed by atoms with Gasteiger partial charge in [-0.15, -0.1) is 0 Å². The van der Waals surface area contributed by atoms with Crippen LogP contribution in [-0.2, 0) is 22.5 Å². The van der Waals surface area contributed by atoms with Gasteiger partial charge in [0.25, 0.3) is 0 Å². The van der Waals surface area contributed by atoms with Gasteiger partial charge in [-0.3, -0.25) is 4.79 Å². The number of rotatable bonds is 6. The van der Waals surface area contributed by atoms with E-state index in [2.05, 4.69) is 32.9 Å². The van der Waals surface area contributed by atoms with Crippen LogP contribution in [0.2, 0.25) is 5.02 Å². The number of benzene rings is 1. The molecule has 0 aliphatic heterocycles. The Morgan fingerprint density at radius 2 is 1.83 bits per heavy atom. The molecule has 0 radical (unpaired) electrons. The molecule has 2 aliphatic rings. The highest BCUT2D eigenvalue weighted by Gasteiger charge is 2.38. The van der Waals surface area contributed by atoms with Gasteiger partial charge < -0.3 is 9.94 Å². The molecule has 0 heterocycles. The van der Waals surface area contributed by atoms with Crippen LogP contribution in [0, 0.1) is 19.3 Å². The minimum Gasteiger partial charge on any atom is -0.511 e. The maximum Gasteiger partial charge on any atom is 0.168 e. The number of aliphatic hydroxyl groups is 1. The summed E-state index contributed by atoms with van der Waals surface area (Å²) < 4.78 is 0. The predicted molar refractivity (Wildman–Crippen MR) is 123 cm³/mol. The highest BCUT2D eigenvalue weighted by Crippen LogP contribution is 2.49. The molecule has 4 nitrogen and oxygen atoms in total. The lowest BCUT2D eigenvalue weighted by molar-refractivity contribution is -0.116. The monoisotopic (exact) mass is 431 g/mol. The lowest BCUT2D eigenvalue weighted by Gasteiger charge is -2.28. The van der Waals surface area contributed by atoms with E-state index in [1.54, 1.807) is 0 Å². The highest BCUT2D eigenvalue weighted by atomic mass is 35.5. The van der Waals surface area contributed by atoms with Crippen molar-refractivity contribution in [2.24, 2.45) is 10.6 Å². The maximum atomic E-state index is 13.0. The standard InChI is InChI=1S/C25H34ClNO3/c1-7-19(27-30-9-3)23-20(28)10-16(11-21(23)29)22-15(5)14(4)17-12-25(6,8-2)13-18(17)24(22)26/h16,28H,7-13H2,1-6H3. The van der Waals surface area contributed by atoms with Gasteiger partial charge in [-0.2, -0.15) is 0 Å². The Labute approximate surface area is 185 Å². The summed E-state index contributed by atoms with van der Waals surface area (Å²) in [4.78, 5) is 18.2. The number of nitrogens with zero attached hydrogens (tertiary/aromatic N) is 1. The van der Waals surface area contributed by atoms with Gasteiger partial charge in [-0.25, -0.2) is 0 Å². The molecule has 0 spiro atoms. The summed E-state index contributed by atoms with van der Waals surface area (Å²) >= 11 is 6.99. The average Bonchev–Trinajstić information content (AvgIpc) is 3.07. The van der Waals surface area contributed by atoms with Crippen LogP contribution < -0.4 is 0 Å². The fraction of sp³-hybridized carbons (Fsp3) is 0.600. The zero-order valence-electron chi connectivity index (χ0n) is 19.1. The van der Waals surface area contributed by atoms with Crippen LogP contribution in [0.15, 0.2) is 16.5 Å². The van der Waals surface area contributed by atoms with Crippen molar-refractivity contribution in [2.75, 3.05) is 6.61 Å². The van der Waals surface area contributed by atoms with E-state index in [0.717, 1.165) is 35.4 Å². The molecule has 30 heavy (non-hydrogen) atoms. The average molecular weight is 432 g/mol. The molecule has 0 aromatic heterocycles. The quantitative estimate of drug-likeness (QED) is 0.411. The Morgan fingerprint density at radius 3 is 2.40 bits per heavy atom. The summed E-state index contributed by atoms with van der Waals surface area (Å²) in [6.07, 6.45) is 4.39. The molecule has 2 atom stereocenters. The summed E-state index contributed by atoms with van der Waals surface area (Å²) in [7, 11) is 0. The molecule has 3 rings (SSSR count). The summed E-state index contributed by atoms with van der Waals surface area (Å²) in [5, 5.41) is 15.7. The largest absolute Gasteiger partial charge is 0.511 e. The van der Waals surface area contributed by atoms with Gasteiger partial charge in [0.05, 0.1) is 11.3 Å². The van der Waals surface area contributed by atoms with E-state index >= 15 is 0 Å². The number of Topliss-reactive ketones (excluding diaryl/α,β-unsaturated/α-hetero) is 1. The minimum atomic E-state index is -0.114. The zero-order chi connectivity index (χ0) is 22.2. The number of hydrogen-bond donors (Lipinski definition) is 1. The van der Waals surface area contributed by atoms with Crippen LogP contribution in [0.1, 0.15) is 87.1 Å². The first-order valence-electron chi connectivity index (χ1n) is 11.1. The minimum absolute atomic E-state index is 0.0870. The number of halogens is 1. The maximum absolute atomic E-state index is 13.0. The number of carbonyl (C=O) groups is 1. The second-order valence-corrected chi connectivity index (χ2v) is 9.49. The number of carbonyl (C=O) groups excluding carboxylic acids is 1. The lowest BCUT2D eigenvalue weighted by atomic mass is 9.78. The molecular formula is C25H34ClNO3. The third kappa shape index (κ3) is 3.91. The molecule has 2 aliphatic carbocycles. The summed E-state index contributed by atoms with van der Waals surface area (Å²) in [5.41, 5.74) is 7.19. The van der Waals surface area contributed by atoms with Crippen LogP contribution in [0.25, 0.3) is 0 Å². The van der Waals surface area contributed by atoms with E-state index in [0.29, 0.717) is 37.2 Å². The Hall–Kier alpha value is -1.81. The van der Waals surface area contributed by atoms with Crippen LogP contribution in [0.3, 0.4) is 0 Å². The highest BCUT2D eigenvalue weighted by molar-refractivity contribution is 6.32. The van der Waals surface area contributed by atoms with E-state index in [-0.39, 0.29) is 22.9 Å². The van der Waals surface area contributed by atoms with Crippen molar-refractivity contribution in [3.05, 3.63) is 44.2 Å². The Kier molecular flexibility index (Phi) is 6.66. The van der Waals surface area contributed by atoms with Crippen LogP contribution in [-0.4, -0.2) is 23.2 Å². The van der Waals surface area contributed by atoms with E-state index in [4.69, 9.17) is 16.4 Å². The first-order valence-corrected chi connectivity index (χ1v) is 11.5. The van der Waals surface area contributed by atoms with Crippen molar-refractivity contribution in [2.45, 2.75) is 86.0 Å². The third-order valence-electron chi connectivity index (χ3n) is 7.12. The SMILES string of the molecule is CCON=C(CC)C1=C(O)CC(c2c(C)c(C)c3c(c2Cl)CC(C)(CC)C3)CC1=O. The van der Waals surface area contributed by atoms with Crippen molar-refractivity contribution >= 4 is 23.1 Å². The van der Waals surface area contributed by atoms with Gasteiger partial charge in [0.2, 0.25) is 0 Å². The second kappa shape index (κ2) is 8.74. The molecule has 0 saturated heterocycles. The Bertz CT molecular complexity index is 931. The second-order valence-electron chi connectivity index (χ2n) is 9.11. The smallest absolute Gasteiger partial charge is 0.168 e.